The fraction of sp³-hybridized carbons (Fsp3) is 0.158. The fourth-order valence-electron chi connectivity index (χ4n) is 2.75. The predicted octanol–water partition coefficient (Wildman–Crippen LogP) is 2.02. The standard InChI is InChI=1S/C19H18N4O3/c1-11-8-13(9-12(2)17(11)24)10-20-21-18(25)16-14-6-4-5-7-15(14)19(26)23(3)22-16/h4-10,24H,1-3H3,(H,21,25)/b20-10+. The third-order valence-corrected chi connectivity index (χ3v) is 4.06. The highest BCUT2D eigenvalue weighted by Crippen LogP contribution is 2.22. The first-order valence-electron chi connectivity index (χ1n) is 7.98. The number of rotatable bonds is 3. The highest BCUT2D eigenvalue weighted by Gasteiger charge is 2.14. The summed E-state index contributed by atoms with van der Waals surface area (Å²) >= 11 is 0. The lowest BCUT2D eigenvalue weighted by atomic mass is 10.1. The first-order chi connectivity index (χ1) is 12.4. The summed E-state index contributed by atoms with van der Waals surface area (Å²) in [6.07, 6.45) is 1.49. The van der Waals surface area contributed by atoms with Crippen molar-refractivity contribution < 1.29 is 9.90 Å². The number of benzene rings is 2. The first kappa shape index (κ1) is 17.3. The lowest BCUT2D eigenvalue weighted by molar-refractivity contribution is 0.0950. The number of carbonyl (C=O) groups excluding carboxylic acids is 1. The summed E-state index contributed by atoms with van der Waals surface area (Å²) in [6.45, 7) is 3.58. The number of nitrogens with one attached hydrogen (secondary N) is 1. The number of nitrogens with zero attached hydrogens (tertiary/aromatic N) is 3. The zero-order chi connectivity index (χ0) is 18.8. The summed E-state index contributed by atoms with van der Waals surface area (Å²) in [5, 5.41) is 18.7. The maximum Gasteiger partial charge on any atom is 0.292 e. The highest BCUT2D eigenvalue weighted by atomic mass is 16.3. The second-order valence-electron chi connectivity index (χ2n) is 6.03. The number of aromatic hydroxyl groups is 1. The Kier molecular flexibility index (Phi) is 4.53. The molecule has 0 bridgehead atoms. The lowest BCUT2D eigenvalue weighted by Crippen LogP contribution is -2.27. The van der Waals surface area contributed by atoms with Crippen molar-refractivity contribution in [3.05, 3.63) is 69.1 Å². The van der Waals surface area contributed by atoms with Crippen LogP contribution in [-0.4, -0.2) is 27.0 Å². The Balaban J connectivity index is 1.89. The number of carbonyl (C=O) groups is 1. The molecule has 0 saturated carbocycles. The van der Waals surface area contributed by atoms with Crippen LogP contribution in [-0.2, 0) is 7.05 Å². The number of aryl methyl sites for hydroxylation is 3. The molecule has 132 valence electrons. The van der Waals surface area contributed by atoms with Crippen LogP contribution in [0.2, 0.25) is 0 Å². The molecule has 0 fully saturated rings. The summed E-state index contributed by atoms with van der Waals surface area (Å²) in [5.74, 6) is -0.271. The van der Waals surface area contributed by atoms with Gasteiger partial charge in [0.2, 0.25) is 0 Å². The van der Waals surface area contributed by atoms with Crippen LogP contribution in [0.3, 0.4) is 0 Å². The number of hydrazone groups is 1. The topological polar surface area (TPSA) is 96.6 Å². The van der Waals surface area contributed by atoms with Crippen LogP contribution in [0.4, 0.5) is 0 Å². The lowest BCUT2D eigenvalue weighted by Gasteiger charge is -2.07. The molecule has 7 nitrogen and oxygen atoms in total. The van der Waals surface area contributed by atoms with Crippen LogP contribution in [0, 0.1) is 13.8 Å². The van der Waals surface area contributed by atoms with Gasteiger partial charge in [0.15, 0.2) is 5.69 Å². The van der Waals surface area contributed by atoms with E-state index in [0.29, 0.717) is 10.8 Å². The molecule has 1 heterocycles. The molecule has 7 heteroatoms. The minimum atomic E-state index is -0.514. The molecule has 0 radical (unpaired) electrons. The monoisotopic (exact) mass is 350 g/mol. The average molecular weight is 350 g/mol. The maximum absolute atomic E-state index is 12.5. The Morgan fingerprint density at radius 3 is 2.46 bits per heavy atom. The molecule has 0 aliphatic heterocycles. The molecule has 3 rings (SSSR count). The van der Waals surface area contributed by atoms with Gasteiger partial charge in [-0.3, -0.25) is 9.59 Å². The van der Waals surface area contributed by atoms with Gasteiger partial charge in [0.05, 0.1) is 11.6 Å². The van der Waals surface area contributed by atoms with Crippen LogP contribution in [0.25, 0.3) is 10.8 Å². The van der Waals surface area contributed by atoms with Gasteiger partial charge in [-0.1, -0.05) is 18.2 Å². The number of phenolic OH excluding ortho intramolecular Hbond substituents is 1. The summed E-state index contributed by atoms with van der Waals surface area (Å²) in [6, 6.07) is 10.3. The van der Waals surface area contributed by atoms with Gasteiger partial charge in [-0.2, -0.15) is 10.2 Å². The Hall–Kier alpha value is -3.48. The van der Waals surface area contributed by atoms with Gasteiger partial charge in [0.25, 0.3) is 11.5 Å². The molecule has 1 aromatic heterocycles. The Morgan fingerprint density at radius 1 is 1.19 bits per heavy atom. The molecule has 1 amide bonds. The maximum atomic E-state index is 12.5. The van der Waals surface area contributed by atoms with Crippen molar-refractivity contribution in [2.24, 2.45) is 12.1 Å². The summed E-state index contributed by atoms with van der Waals surface area (Å²) < 4.78 is 1.13. The molecule has 2 aromatic carbocycles. The Morgan fingerprint density at radius 2 is 1.81 bits per heavy atom. The van der Waals surface area contributed by atoms with E-state index in [1.165, 1.54) is 13.3 Å². The second kappa shape index (κ2) is 6.79. The van der Waals surface area contributed by atoms with Crippen LogP contribution in [0.1, 0.15) is 27.2 Å². The van der Waals surface area contributed by atoms with Crippen molar-refractivity contribution in [3.63, 3.8) is 0 Å². The fourth-order valence-corrected chi connectivity index (χ4v) is 2.75. The number of hydrogen-bond acceptors (Lipinski definition) is 5. The van der Waals surface area contributed by atoms with E-state index in [4.69, 9.17) is 0 Å². The largest absolute Gasteiger partial charge is 0.507 e. The molecule has 2 N–H and O–H groups in total. The number of hydrogen-bond donors (Lipinski definition) is 2. The van der Waals surface area contributed by atoms with Crippen LogP contribution < -0.4 is 11.0 Å². The normalized spacial score (nSPS) is 11.2. The van der Waals surface area contributed by atoms with Crippen molar-refractivity contribution in [3.8, 4) is 5.75 Å². The van der Waals surface area contributed by atoms with E-state index in [1.807, 2.05) is 0 Å². The van der Waals surface area contributed by atoms with Crippen LogP contribution >= 0.6 is 0 Å². The molecule has 0 aliphatic carbocycles. The van der Waals surface area contributed by atoms with E-state index in [0.717, 1.165) is 21.4 Å². The van der Waals surface area contributed by atoms with Gasteiger partial charge in [-0.25, -0.2) is 10.1 Å². The number of fused-ring (bicyclic) bond motifs is 1. The predicted molar refractivity (Wildman–Crippen MR) is 99.6 cm³/mol. The molecular formula is C19H18N4O3. The number of aromatic nitrogens is 2. The first-order valence-corrected chi connectivity index (χ1v) is 7.98. The van der Waals surface area contributed by atoms with E-state index in [2.05, 4.69) is 15.6 Å². The van der Waals surface area contributed by atoms with Gasteiger partial charge in [0.1, 0.15) is 5.75 Å². The molecule has 0 saturated heterocycles. The molecular weight excluding hydrogens is 332 g/mol. The SMILES string of the molecule is Cc1cc(/C=N/NC(=O)c2nn(C)c(=O)c3ccccc23)cc(C)c1O. The minimum absolute atomic E-state index is 0.123. The summed E-state index contributed by atoms with van der Waals surface area (Å²) in [7, 11) is 1.50. The van der Waals surface area contributed by atoms with Gasteiger partial charge in [0, 0.05) is 12.4 Å². The molecule has 3 aromatic rings. The quantitative estimate of drug-likeness (QED) is 0.558. The zero-order valence-corrected chi connectivity index (χ0v) is 14.6. The summed E-state index contributed by atoms with van der Waals surface area (Å²) in [5.41, 5.74) is 4.48. The van der Waals surface area contributed by atoms with E-state index < -0.39 is 5.91 Å². The zero-order valence-electron chi connectivity index (χ0n) is 14.6. The van der Waals surface area contributed by atoms with Crippen LogP contribution in [0.15, 0.2) is 46.3 Å². The van der Waals surface area contributed by atoms with E-state index >= 15 is 0 Å². The van der Waals surface area contributed by atoms with E-state index in [9.17, 15) is 14.7 Å². The van der Waals surface area contributed by atoms with Gasteiger partial charge < -0.3 is 5.11 Å². The van der Waals surface area contributed by atoms with E-state index in [1.54, 1.807) is 50.2 Å². The third kappa shape index (κ3) is 3.19. The number of amides is 1. The smallest absolute Gasteiger partial charge is 0.292 e. The third-order valence-electron chi connectivity index (χ3n) is 4.06. The highest BCUT2D eigenvalue weighted by molar-refractivity contribution is 6.04. The Labute approximate surface area is 149 Å². The van der Waals surface area contributed by atoms with Gasteiger partial charge in [-0.05, 0) is 48.7 Å². The number of phenols is 1. The second-order valence-corrected chi connectivity index (χ2v) is 6.03. The molecule has 26 heavy (non-hydrogen) atoms. The van der Waals surface area contributed by atoms with Crippen LogP contribution in [0.5, 0.6) is 5.75 Å². The van der Waals surface area contributed by atoms with Crippen molar-refractivity contribution in [2.45, 2.75) is 13.8 Å². The van der Waals surface area contributed by atoms with Gasteiger partial charge >= 0.3 is 0 Å². The molecule has 0 unspecified atom stereocenters. The van der Waals surface area contributed by atoms with Crippen molar-refractivity contribution in [1.29, 1.82) is 0 Å². The molecule has 0 spiro atoms. The molecule has 0 atom stereocenters. The van der Waals surface area contributed by atoms with Crippen molar-refractivity contribution in [1.82, 2.24) is 15.2 Å². The van der Waals surface area contributed by atoms with Gasteiger partial charge in [-0.15, -0.1) is 0 Å². The summed E-state index contributed by atoms with van der Waals surface area (Å²) in [4.78, 5) is 24.6. The Bertz CT molecular complexity index is 1080. The van der Waals surface area contributed by atoms with Crippen molar-refractivity contribution >= 4 is 22.9 Å². The minimum Gasteiger partial charge on any atom is -0.507 e. The molecule has 0 aliphatic rings. The average Bonchev–Trinajstić information content (AvgIpc) is 2.62. The van der Waals surface area contributed by atoms with Crippen molar-refractivity contribution in [2.75, 3.05) is 0 Å². The van der Waals surface area contributed by atoms with E-state index in [-0.39, 0.29) is 17.0 Å².